The zero-order chi connectivity index (χ0) is 91.0. The highest BCUT2D eigenvalue weighted by Gasteiger charge is 2.42. The van der Waals surface area contributed by atoms with Crippen LogP contribution in [0.1, 0.15) is 171 Å². The van der Waals surface area contributed by atoms with E-state index < -0.39 is 223 Å². The number of hydrogen-bond acceptors (Lipinski definition) is 20. The van der Waals surface area contributed by atoms with Crippen LogP contribution < -0.4 is 91.6 Å². The third-order valence-electron chi connectivity index (χ3n) is 21.0. The zero-order valence-electron chi connectivity index (χ0n) is 72.7. The van der Waals surface area contributed by atoms with Gasteiger partial charge in [-0.05, 0) is 123 Å². The smallest absolute Gasteiger partial charge is 0.245 e. The van der Waals surface area contributed by atoms with Crippen molar-refractivity contribution in [2.45, 2.75) is 258 Å². The molecule has 16 atom stereocenters. The van der Waals surface area contributed by atoms with Gasteiger partial charge in [-0.25, -0.2) is 0 Å². The predicted octanol–water partition coefficient (Wildman–Crippen LogP) is -1.41. The van der Waals surface area contributed by atoms with Gasteiger partial charge < -0.3 is 107 Å². The molecule has 676 valence electrons. The Morgan fingerprint density at radius 1 is 0.410 bits per heavy atom. The minimum atomic E-state index is -1.67. The number of nitrogens with one attached hydrogen (secondary N) is 14. The van der Waals surface area contributed by atoms with Crippen molar-refractivity contribution in [3.05, 3.63) is 108 Å². The molecule has 1 aliphatic rings. The molecule has 36 heteroatoms. The van der Waals surface area contributed by atoms with Gasteiger partial charge in [-0.3, -0.25) is 76.7 Å². The zero-order valence-corrected chi connectivity index (χ0v) is 72.7. The molecule has 122 heavy (non-hydrogen) atoms. The van der Waals surface area contributed by atoms with E-state index in [9.17, 15) is 86.9 Å². The topological polar surface area (TPSA) is 563 Å². The second kappa shape index (κ2) is 53.0. The Bertz CT molecular complexity index is 3930. The summed E-state index contributed by atoms with van der Waals surface area (Å²) >= 11 is 0. The Balaban J connectivity index is 1.39. The monoisotopic (exact) mass is 1710 g/mol. The number of aliphatic hydroxyl groups excluding tert-OH is 2. The van der Waals surface area contributed by atoms with Crippen LogP contribution in [0.25, 0.3) is 0 Å². The van der Waals surface area contributed by atoms with Gasteiger partial charge in [0, 0.05) is 19.4 Å². The molecule has 16 amide bonds. The number of unbranched alkanes of at least 4 members (excludes halogenated alkanes) is 1. The average molecular weight is 1710 g/mol. The van der Waals surface area contributed by atoms with Gasteiger partial charge in [-0.2, -0.15) is 0 Å². The van der Waals surface area contributed by atoms with Crippen LogP contribution >= 0.6 is 0 Å². The van der Waals surface area contributed by atoms with Crippen LogP contribution in [-0.2, 0) is 96.0 Å². The second-order valence-electron chi connectivity index (χ2n) is 33.1. The van der Waals surface area contributed by atoms with E-state index in [-0.39, 0.29) is 75.7 Å². The summed E-state index contributed by atoms with van der Waals surface area (Å²) in [5, 5.41) is 57.3. The van der Waals surface area contributed by atoms with Crippen LogP contribution in [0.5, 0.6) is 0 Å². The van der Waals surface area contributed by atoms with Crippen molar-refractivity contribution in [1.82, 2.24) is 79.3 Å². The SMILES string of the molecule is CC[C@H](C)[C@H](NC(=O)[C@H](C)NC(=O)[C@H](CO)NC(=O)[C@@H](NC(=O)[C@H](CC(C)C)NC(=O)CNC(=O)CNC(=O)[C@@H](NC(=O)[C@H](CC(C)C)NC(=O)[C@H](CO)NC(=O)[C@@H]1CCCN1C(=O)[C@H](CC(C)C)NC(=O)[C@H](Cc1ccccc1)NC(=O)[C@H](Cc1ccccc1)NC(=O)[C@@H](N)Cc1ccccc1)[C@@H](C)CC)C(C)C)C(=O)N[C@@H](CCCCN)C(N)=O. The number of aliphatic hydroxyl groups is 2. The molecular weight excluding hydrogens is 1570 g/mol. The van der Waals surface area contributed by atoms with Crippen LogP contribution in [0.4, 0.5) is 0 Å². The summed E-state index contributed by atoms with van der Waals surface area (Å²) in [6.07, 6.45) is 2.83. The van der Waals surface area contributed by atoms with Crippen LogP contribution in [0.3, 0.4) is 0 Å². The standard InChI is InChI=1S/C86H134N18O18/c1-14-52(11)71(83(119)91-44-68(107)90-45-69(108)93-60(38-48(3)4)78(114)101-70(51(9)10)84(120)100-65(46-105)80(116)92-54(13)74(110)102-72(53(12)15-2)85(121)94-59(73(89)109)34-25-26-36-87)103-79(115)61(39-49(5)6)96-81(117)66(47-106)99-82(118)67-35-27-37-104(67)86(122)64(40-50(7)8)98-77(113)63(43-57-32-23-18-24-33-57)97-76(112)62(42-56-30-21-17-22-31-56)95-75(111)58(88)41-55-28-19-16-20-29-55/h16-24,28-33,48-54,58-67,70-72,105-106H,14-15,25-27,34-47,87-88H2,1-13H3,(H2,89,109)(H,90,107)(H,91,119)(H,92,116)(H,93,108)(H,94,121)(H,95,111)(H,96,117)(H,97,112)(H,98,113)(H,99,118)(H,100,120)(H,101,114)(H,102,110)(H,103,115)/t52-,53-,54-,58-,59-,60-,61-,62-,63-,64-,65-,66-,67-,70-,71-,72-/m0/s1. The normalized spacial score (nSPS) is 16.3. The lowest BCUT2D eigenvalue weighted by atomic mass is 9.96. The third kappa shape index (κ3) is 35.2. The lowest BCUT2D eigenvalue weighted by Crippen LogP contribution is -2.61. The number of amides is 16. The van der Waals surface area contributed by atoms with Crippen molar-refractivity contribution in [2.24, 2.45) is 52.7 Å². The first-order chi connectivity index (χ1) is 57.7. The summed E-state index contributed by atoms with van der Waals surface area (Å²) < 4.78 is 0. The van der Waals surface area contributed by atoms with E-state index in [1.807, 2.05) is 44.2 Å². The number of rotatable bonds is 53. The molecule has 0 radical (unpaired) electrons. The number of likely N-dealkylation sites (tertiary alicyclic amines) is 1. The molecule has 3 aromatic rings. The van der Waals surface area contributed by atoms with Crippen molar-refractivity contribution in [3.63, 3.8) is 0 Å². The van der Waals surface area contributed by atoms with Gasteiger partial charge in [0.1, 0.15) is 78.5 Å². The first-order valence-corrected chi connectivity index (χ1v) is 42.3. The molecular formula is C86H134N18O18. The first-order valence-electron chi connectivity index (χ1n) is 42.3. The minimum Gasteiger partial charge on any atom is -0.394 e. The maximum Gasteiger partial charge on any atom is 0.245 e. The second-order valence-corrected chi connectivity index (χ2v) is 33.1. The van der Waals surface area contributed by atoms with Gasteiger partial charge in [-0.15, -0.1) is 0 Å². The molecule has 0 aromatic heterocycles. The summed E-state index contributed by atoms with van der Waals surface area (Å²) in [5.41, 5.74) is 19.7. The molecule has 0 aliphatic carbocycles. The third-order valence-corrected chi connectivity index (χ3v) is 21.0. The molecule has 0 unspecified atom stereocenters. The van der Waals surface area contributed by atoms with Crippen molar-refractivity contribution in [3.8, 4) is 0 Å². The Kier molecular flexibility index (Phi) is 44.9. The maximum atomic E-state index is 14.9. The van der Waals surface area contributed by atoms with Gasteiger partial charge >= 0.3 is 0 Å². The fourth-order valence-electron chi connectivity index (χ4n) is 13.6. The Morgan fingerprint density at radius 2 is 0.803 bits per heavy atom. The fourth-order valence-corrected chi connectivity index (χ4v) is 13.6. The van der Waals surface area contributed by atoms with Crippen LogP contribution in [0.15, 0.2) is 91.0 Å². The summed E-state index contributed by atoms with van der Waals surface area (Å²) in [4.78, 5) is 223. The number of carbonyl (C=O) groups is 16. The first kappa shape index (κ1) is 103. The molecule has 0 saturated carbocycles. The Morgan fingerprint density at radius 3 is 1.29 bits per heavy atom. The van der Waals surface area contributed by atoms with E-state index in [0.717, 1.165) is 5.56 Å². The number of nitrogens with two attached hydrogens (primary N) is 3. The minimum absolute atomic E-state index is 0.00330. The largest absolute Gasteiger partial charge is 0.394 e. The maximum absolute atomic E-state index is 14.9. The summed E-state index contributed by atoms with van der Waals surface area (Å²) in [6, 6.07) is 8.85. The lowest BCUT2D eigenvalue weighted by molar-refractivity contribution is -0.143. The highest BCUT2D eigenvalue weighted by atomic mass is 16.3. The highest BCUT2D eigenvalue weighted by Crippen LogP contribution is 2.23. The molecule has 1 fully saturated rings. The van der Waals surface area contributed by atoms with Crippen molar-refractivity contribution in [1.29, 1.82) is 0 Å². The molecule has 0 bridgehead atoms. The molecule has 1 aliphatic heterocycles. The molecule has 22 N–H and O–H groups in total. The van der Waals surface area contributed by atoms with Gasteiger partial charge in [-0.1, -0.05) is 187 Å². The molecule has 1 saturated heterocycles. The van der Waals surface area contributed by atoms with Crippen LogP contribution in [0, 0.1) is 35.5 Å². The van der Waals surface area contributed by atoms with Crippen LogP contribution in [-0.4, -0.2) is 234 Å². The number of carbonyl (C=O) groups excluding carboxylic acids is 16. The van der Waals surface area contributed by atoms with Crippen molar-refractivity contribution >= 4 is 94.5 Å². The Hall–Kier alpha value is -11.0. The molecule has 0 spiro atoms. The summed E-state index contributed by atoms with van der Waals surface area (Å²) in [7, 11) is 0. The summed E-state index contributed by atoms with van der Waals surface area (Å²) in [5.74, 6) is -15.2. The van der Waals surface area contributed by atoms with E-state index in [1.54, 1.807) is 130 Å². The number of hydrogen-bond donors (Lipinski definition) is 19. The van der Waals surface area contributed by atoms with E-state index in [2.05, 4.69) is 74.4 Å². The van der Waals surface area contributed by atoms with Gasteiger partial charge in [0.05, 0.1) is 32.3 Å². The highest BCUT2D eigenvalue weighted by molar-refractivity contribution is 6.01. The predicted molar refractivity (Wildman–Crippen MR) is 456 cm³/mol. The van der Waals surface area contributed by atoms with E-state index in [0.29, 0.717) is 49.8 Å². The molecule has 4 rings (SSSR count). The van der Waals surface area contributed by atoms with Gasteiger partial charge in [0.2, 0.25) is 94.5 Å². The Labute approximate surface area is 715 Å². The molecule has 36 nitrogen and oxygen atoms in total. The molecule has 3 aromatic carbocycles. The fraction of sp³-hybridized carbons (Fsp3) is 0.605. The van der Waals surface area contributed by atoms with Gasteiger partial charge in [0.25, 0.3) is 0 Å². The van der Waals surface area contributed by atoms with Crippen LogP contribution in [0.2, 0.25) is 0 Å². The number of primary amides is 1. The van der Waals surface area contributed by atoms with Crippen molar-refractivity contribution in [2.75, 3.05) is 39.4 Å². The van der Waals surface area contributed by atoms with Crippen molar-refractivity contribution < 1.29 is 86.9 Å². The quantitative estimate of drug-likeness (QED) is 0.0289. The van der Waals surface area contributed by atoms with E-state index in [4.69, 9.17) is 17.2 Å². The number of nitrogens with zero attached hydrogens (tertiary/aromatic N) is 1. The van der Waals surface area contributed by atoms with E-state index >= 15 is 0 Å². The molecule has 1 heterocycles. The van der Waals surface area contributed by atoms with Gasteiger partial charge in [0.15, 0.2) is 0 Å². The lowest BCUT2D eigenvalue weighted by Gasteiger charge is -2.31. The average Bonchev–Trinajstić information content (AvgIpc) is 1.41. The number of benzene rings is 3. The van der Waals surface area contributed by atoms with E-state index in [1.165, 1.54) is 11.8 Å². The summed E-state index contributed by atoms with van der Waals surface area (Å²) in [6.45, 7) is 19.2.